The normalized spacial score (nSPS) is 14.3. The average molecular weight is 396 g/mol. The number of aromatic nitrogens is 2. The van der Waals surface area contributed by atoms with Crippen LogP contribution >= 0.6 is 23.8 Å². The average Bonchev–Trinajstić information content (AvgIpc) is 2.95. The molecule has 0 saturated heterocycles. The van der Waals surface area contributed by atoms with Crippen LogP contribution in [-0.4, -0.2) is 20.4 Å². The highest BCUT2D eigenvalue weighted by Gasteiger charge is 2.20. The number of halogens is 1. The molecular formula is C20H14ClN3O2S. The third-order valence-electron chi connectivity index (χ3n) is 4.38. The van der Waals surface area contributed by atoms with E-state index < -0.39 is 5.56 Å². The summed E-state index contributed by atoms with van der Waals surface area (Å²) in [5.41, 5.74) is 3.36. The summed E-state index contributed by atoms with van der Waals surface area (Å²) in [6.45, 7) is 1.86. The molecule has 0 saturated carbocycles. The lowest BCUT2D eigenvalue weighted by Crippen LogP contribution is -2.16. The molecule has 0 amide bonds. The standard InChI is InChI=1S/C20H14ClN3O2S/c1-11-13(12-6-2-4-8-16(12)22-11)10-14-18(25)23-20(27)24(19(14)26)17-9-5-3-7-15(17)21/h2-10,26H,1H3,(H,23,25,27). The fraction of sp³-hybridized carbons (Fsp3) is 0.0500. The van der Waals surface area contributed by atoms with Crippen molar-refractivity contribution in [1.29, 1.82) is 0 Å². The van der Waals surface area contributed by atoms with E-state index in [2.05, 4.69) is 9.98 Å². The lowest BCUT2D eigenvalue weighted by molar-refractivity contribution is 0.432. The number of aromatic amines is 1. The van der Waals surface area contributed by atoms with Gasteiger partial charge in [0.1, 0.15) is 5.56 Å². The molecule has 4 rings (SSSR count). The molecule has 1 aliphatic heterocycles. The molecule has 0 spiro atoms. The van der Waals surface area contributed by atoms with E-state index in [1.165, 1.54) is 4.57 Å². The summed E-state index contributed by atoms with van der Waals surface area (Å²) in [7, 11) is 0. The van der Waals surface area contributed by atoms with E-state index in [1.807, 2.05) is 31.2 Å². The summed E-state index contributed by atoms with van der Waals surface area (Å²) in [5, 5.41) is 11.3. The molecule has 1 aliphatic rings. The van der Waals surface area contributed by atoms with Crippen molar-refractivity contribution < 1.29 is 5.11 Å². The van der Waals surface area contributed by atoms with Crippen molar-refractivity contribution in [3.8, 4) is 11.6 Å². The number of nitrogens with one attached hydrogen (secondary N) is 1. The Kier molecular flexibility index (Phi) is 4.30. The minimum Gasteiger partial charge on any atom is -0.494 e. The first-order chi connectivity index (χ1) is 13.0. The van der Waals surface area contributed by atoms with Crippen molar-refractivity contribution in [3.63, 3.8) is 0 Å². The molecular weight excluding hydrogens is 382 g/mol. The van der Waals surface area contributed by atoms with Gasteiger partial charge in [0.25, 0.3) is 5.56 Å². The number of aliphatic imine (C=N–C) groups is 1. The molecule has 3 aromatic rings. The summed E-state index contributed by atoms with van der Waals surface area (Å²) in [6, 6.07) is 14.6. The Hall–Kier alpha value is -2.96. The van der Waals surface area contributed by atoms with Crippen LogP contribution in [0.4, 0.5) is 5.69 Å². The fourth-order valence-electron chi connectivity index (χ4n) is 3.09. The molecule has 1 aromatic heterocycles. The van der Waals surface area contributed by atoms with Crippen molar-refractivity contribution >= 4 is 46.9 Å². The Morgan fingerprint density at radius 1 is 1.19 bits per heavy atom. The first-order valence-electron chi connectivity index (χ1n) is 8.17. The number of para-hydroxylation sites is 2. The summed E-state index contributed by atoms with van der Waals surface area (Å²) < 4.78 is 1.41. The van der Waals surface area contributed by atoms with E-state index in [9.17, 15) is 9.90 Å². The second-order valence-electron chi connectivity index (χ2n) is 6.06. The highest BCUT2D eigenvalue weighted by atomic mass is 35.5. The van der Waals surface area contributed by atoms with Gasteiger partial charge in [-0.05, 0) is 43.4 Å². The maximum Gasteiger partial charge on any atom is 0.262 e. The molecule has 2 aromatic carbocycles. The van der Waals surface area contributed by atoms with Gasteiger partial charge in [-0.25, -0.2) is 0 Å². The zero-order valence-electron chi connectivity index (χ0n) is 14.2. The van der Waals surface area contributed by atoms with Gasteiger partial charge in [0.15, 0.2) is 4.77 Å². The van der Waals surface area contributed by atoms with Crippen molar-refractivity contribution in [2.24, 2.45) is 4.99 Å². The molecule has 0 unspecified atom stereocenters. The Morgan fingerprint density at radius 3 is 2.67 bits per heavy atom. The van der Waals surface area contributed by atoms with Crippen LogP contribution in [0.3, 0.4) is 0 Å². The summed E-state index contributed by atoms with van der Waals surface area (Å²) >= 11 is 11.5. The maximum atomic E-state index is 12.5. The number of hydrogen-bond donors (Lipinski definition) is 2. The first kappa shape index (κ1) is 17.5. The number of fused-ring (bicyclic) bond motifs is 1. The highest BCUT2D eigenvalue weighted by Crippen LogP contribution is 2.36. The Balaban J connectivity index is 1.98. The fourth-order valence-corrected chi connectivity index (χ4v) is 3.58. The predicted octanol–water partition coefficient (Wildman–Crippen LogP) is 4.90. The maximum absolute atomic E-state index is 12.5. The molecule has 0 bridgehead atoms. The van der Waals surface area contributed by atoms with Gasteiger partial charge in [-0.2, -0.15) is 0 Å². The van der Waals surface area contributed by atoms with Crippen LogP contribution in [-0.2, 0) is 0 Å². The third-order valence-corrected chi connectivity index (χ3v) is 4.98. The molecule has 0 radical (unpaired) electrons. The number of nitrogens with zero attached hydrogens (tertiary/aromatic N) is 2. The van der Waals surface area contributed by atoms with Gasteiger partial charge in [0, 0.05) is 16.8 Å². The molecule has 2 heterocycles. The van der Waals surface area contributed by atoms with E-state index in [-0.39, 0.29) is 16.2 Å². The van der Waals surface area contributed by atoms with Crippen molar-refractivity contribution in [2.45, 2.75) is 6.92 Å². The van der Waals surface area contributed by atoms with E-state index >= 15 is 0 Å². The van der Waals surface area contributed by atoms with Gasteiger partial charge in [-0.1, -0.05) is 41.9 Å². The van der Waals surface area contributed by atoms with Crippen molar-refractivity contribution in [1.82, 2.24) is 9.55 Å². The number of H-pyrrole nitrogens is 1. The number of benzene rings is 2. The zero-order valence-corrected chi connectivity index (χ0v) is 15.8. The number of aromatic hydroxyl groups is 1. The molecule has 0 atom stereocenters. The topological polar surface area (TPSA) is 70.4 Å². The largest absolute Gasteiger partial charge is 0.494 e. The molecule has 5 nitrogen and oxygen atoms in total. The Morgan fingerprint density at radius 2 is 1.89 bits per heavy atom. The minimum absolute atomic E-state index is 0.0601. The molecule has 0 fully saturated rings. The first-order valence-corrected chi connectivity index (χ1v) is 8.96. The number of hydrogen-bond acceptors (Lipinski definition) is 4. The molecule has 7 heteroatoms. The van der Waals surface area contributed by atoms with Gasteiger partial charge < -0.3 is 5.11 Å². The summed E-state index contributed by atoms with van der Waals surface area (Å²) in [6.07, 6.45) is 1.63. The smallest absolute Gasteiger partial charge is 0.262 e. The number of allylic oxidation sites excluding steroid dienone is 1. The van der Waals surface area contributed by atoms with Crippen LogP contribution in [0.1, 0.15) is 18.1 Å². The molecule has 2 N–H and O–H groups in total. The minimum atomic E-state index is -0.481. The zero-order chi connectivity index (χ0) is 19.1. The van der Waals surface area contributed by atoms with Crippen LogP contribution in [0.2, 0.25) is 5.02 Å². The van der Waals surface area contributed by atoms with Crippen molar-refractivity contribution in [3.05, 3.63) is 79.8 Å². The van der Waals surface area contributed by atoms with Crippen LogP contribution in [0.5, 0.6) is 5.88 Å². The summed E-state index contributed by atoms with van der Waals surface area (Å²) in [4.78, 5) is 19.6. The van der Waals surface area contributed by atoms with Gasteiger partial charge in [-0.15, -0.1) is 0 Å². The van der Waals surface area contributed by atoms with E-state index in [1.54, 1.807) is 30.3 Å². The monoisotopic (exact) mass is 395 g/mol. The van der Waals surface area contributed by atoms with E-state index in [0.29, 0.717) is 10.7 Å². The second-order valence-corrected chi connectivity index (χ2v) is 6.85. The second kappa shape index (κ2) is 6.64. The third kappa shape index (κ3) is 2.93. The van der Waals surface area contributed by atoms with Crippen LogP contribution < -0.4 is 5.56 Å². The van der Waals surface area contributed by atoms with Gasteiger partial charge >= 0.3 is 0 Å². The lowest BCUT2D eigenvalue weighted by atomic mass is 10.0. The Labute approximate surface area is 164 Å². The van der Waals surface area contributed by atoms with Crippen LogP contribution in [0.25, 0.3) is 17.3 Å². The SMILES string of the molecule is CC1=Nc2ccccc2C1=Cc1c(O)n(-c2ccccc2Cl)c(=S)[nH]c1=O. The lowest BCUT2D eigenvalue weighted by Gasteiger charge is -2.13. The number of rotatable bonds is 2. The molecule has 134 valence electrons. The summed E-state index contributed by atoms with van der Waals surface area (Å²) in [5.74, 6) is -0.276. The quantitative estimate of drug-likeness (QED) is 0.606. The molecule has 27 heavy (non-hydrogen) atoms. The molecule has 0 aliphatic carbocycles. The van der Waals surface area contributed by atoms with Gasteiger partial charge in [-0.3, -0.25) is 19.3 Å². The van der Waals surface area contributed by atoms with Gasteiger partial charge in [0.05, 0.1) is 16.4 Å². The predicted molar refractivity (Wildman–Crippen MR) is 111 cm³/mol. The van der Waals surface area contributed by atoms with Crippen molar-refractivity contribution in [2.75, 3.05) is 0 Å². The van der Waals surface area contributed by atoms with E-state index in [4.69, 9.17) is 23.8 Å². The Bertz CT molecular complexity index is 1250. The van der Waals surface area contributed by atoms with Gasteiger partial charge in [0.2, 0.25) is 5.88 Å². The highest BCUT2D eigenvalue weighted by molar-refractivity contribution is 7.71. The van der Waals surface area contributed by atoms with Crippen LogP contribution in [0.15, 0.2) is 58.3 Å². The van der Waals surface area contributed by atoms with E-state index in [0.717, 1.165) is 22.5 Å². The van der Waals surface area contributed by atoms with Crippen LogP contribution in [0, 0.1) is 4.77 Å².